The Kier molecular flexibility index (Phi) is 5.93. The second kappa shape index (κ2) is 8.57. The van der Waals surface area contributed by atoms with E-state index in [0.717, 1.165) is 6.33 Å². The van der Waals surface area contributed by atoms with E-state index in [1.807, 2.05) is 0 Å². The summed E-state index contributed by atoms with van der Waals surface area (Å²) in [6.07, 6.45) is 1.11. The van der Waals surface area contributed by atoms with Crippen molar-refractivity contribution in [2.45, 2.75) is 0 Å². The molecule has 0 radical (unpaired) electrons. The molecule has 0 aliphatic carbocycles. The average molecular weight is 420 g/mol. The monoisotopic (exact) mass is 419 g/mol. The zero-order chi connectivity index (χ0) is 21.0. The summed E-state index contributed by atoms with van der Waals surface area (Å²) < 4.78 is 24.3. The van der Waals surface area contributed by atoms with Gasteiger partial charge in [0.2, 0.25) is 11.6 Å². The summed E-state index contributed by atoms with van der Waals surface area (Å²) >= 11 is 6.14. The van der Waals surface area contributed by atoms with E-state index in [4.69, 9.17) is 21.1 Å². The van der Waals surface area contributed by atoms with Gasteiger partial charge in [0.05, 0.1) is 35.5 Å². The highest BCUT2D eigenvalue weighted by Crippen LogP contribution is 2.40. The van der Waals surface area contributed by atoms with E-state index in [9.17, 15) is 14.5 Å². The van der Waals surface area contributed by atoms with Crippen LogP contribution in [0.3, 0.4) is 0 Å². The van der Waals surface area contributed by atoms with Gasteiger partial charge in [-0.2, -0.15) is 0 Å². The molecule has 9 nitrogen and oxygen atoms in total. The van der Waals surface area contributed by atoms with Crippen LogP contribution in [0.15, 0.2) is 42.7 Å². The highest BCUT2D eigenvalue weighted by atomic mass is 35.5. The summed E-state index contributed by atoms with van der Waals surface area (Å²) in [4.78, 5) is 18.8. The van der Waals surface area contributed by atoms with Crippen LogP contribution in [0.4, 0.5) is 33.1 Å². The molecular formula is C18H15ClFN5O4. The first-order valence-electron chi connectivity index (χ1n) is 8.14. The highest BCUT2D eigenvalue weighted by molar-refractivity contribution is 6.32. The molecular weight excluding hydrogens is 405 g/mol. The van der Waals surface area contributed by atoms with Crippen molar-refractivity contribution in [1.29, 1.82) is 0 Å². The third kappa shape index (κ3) is 4.27. The maximum atomic E-state index is 13.9. The topological polar surface area (TPSA) is 111 Å². The summed E-state index contributed by atoms with van der Waals surface area (Å²) in [5.74, 6) is -0.214. The van der Waals surface area contributed by atoms with E-state index in [-0.39, 0.29) is 22.3 Å². The minimum Gasteiger partial charge on any atom is -0.495 e. The van der Waals surface area contributed by atoms with E-state index < -0.39 is 16.4 Å². The largest absolute Gasteiger partial charge is 0.495 e. The zero-order valence-corrected chi connectivity index (χ0v) is 16.0. The number of halogens is 2. The molecule has 0 unspecified atom stereocenters. The number of hydrogen-bond donors (Lipinski definition) is 2. The number of anilines is 4. The molecule has 1 aromatic heterocycles. The number of rotatable bonds is 7. The van der Waals surface area contributed by atoms with Crippen molar-refractivity contribution in [3.05, 3.63) is 63.7 Å². The molecule has 1 heterocycles. The normalized spacial score (nSPS) is 10.3. The van der Waals surface area contributed by atoms with Crippen molar-refractivity contribution in [2.24, 2.45) is 0 Å². The summed E-state index contributed by atoms with van der Waals surface area (Å²) in [6, 6.07) is 8.74. The van der Waals surface area contributed by atoms with Crippen LogP contribution in [0.2, 0.25) is 5.02 Å². The first kappa shape index (κ1) is 20.1. The predicted molar refractivity (Wildman–Crippen MR) is 106 cm³/mol. The van der Waals surface area contributed by atoms with Crippen molar-refractivity contribution < 1.29 is 18.8 Å². The number of benzene rings is 2. The molecule has 0 saturated heterocycles. The van der Waals surface area contributed by atoms with Crippen molar-refractivity contribution in [1.82, 2.24) is 9.97 Å². The molecule has 11 heteroatoms. The molecule has 0 saturated carbocycles. The molecule has 2 N–H and O–H groups in total. The first-order chi connectivity index (χ1) is 13.9. The van der Waals surface area contributed by atoms with Crippen LogP contribution in [-0.2, 0) is 0 Å². The number of para-hydroxylation sites is 1. The summed E-state index contributed by atoms with van der Waals surface area (Å²) in [7, 11) is 2.87. The Morgan fingerprint density at radius 2 is 1.66 bits per heavy atom. The van der Waals surface area contributed by atoms with Crippen LogP contribution in [0.5, 0.6) is 11.5 Å². The fourth-order valence-electron chi connectivity index (χ4n) is 2.51. The third-order valence-corrected chi connectivity index (χ3v) is 4.15. The van der Waals surface area contributed by atoms with Crippen molar-refractivity contribution in [3.8, 4) is 11.5 Å². The van der Waals surface area contributed by atoms with E-state index in [1.165, 1.54) is 44.6 Å². The Balaban J connectivity index is 2.04. The van der Waals surface area contributed by atoms with Crippen molar-refractivity contribution >= 4 is 40.3 Å². The van der Waals surface area contributed by atoms with E-state index in [2.05, 4.69) is 20.6 Å². The van der Waals surface area contributed by atoms with Crippen molar-refractivity contribution in [2.75, 3.05) is 24.9 Å². The number of hydrogen-bond acceptors (Lipinski definition) is 8. The molecule has 0 bridgehead atoms. The predicted octanol–water partition coefficient (Wildman–Crippen LogP) is 4.68. The fourth-order valence-corrected chi connectivity index (χ4v) is 2.75. The molecule has 2 aromatic carbocycles. The van der Waals surface area contributed by atoms with E-state index in [0.29, 0.717) is 17.2 Å². The first-order valence-corrected chi connectivity index (χ1v) is 8.52. The molecule has 0 spiro atoms. The van der Waals surface area contributed by atoms with Gasteiger partial charge in [0.25, 0.3) is 0 Å². The van der Waals surface area contributed by atoms with Crippen molar-refractivity contribution in [3.63, 3.8) is 0 Å². The van der Waals surface area contributed by atoms with Crippen LogP contribution in [0.25, 0.3) is 0 Å². The average Bonchev–Trinajstić information content (AvgIpc) is 2.70. The Morgan fingerprint density at radius 3 is 2.24 bits per heavy atom. The number of ether oxygens (including phenoxy) is 2. The summed E-state index contributed by atoms with van der Waals surface area (Å²) in [6.45, 7) is 0. The van der Waals surface area contributed by atoms with Gasteiger partial charge in [-0.15, -0.1) is 0 Å². The molecule has 0 fully saturated rings. The van der Waals surface area contributed by atoms with Gasteiger partial charge in [-0.1, -0.05) is 23.7 Å². The van der Waals surface area contributed by atoms with Crippen LogP contribution in [0.1, 0.15) is 0 Å². The maximum absolute atomic E-state index is 13.9. The maximum Gasteiger partial charge on any atom is 0.353 e. The van der Waals surface area contributed by atoms with Gasteiger partial charge in [0.15, 0.2) is 0 Å². The van der Waals surface area contributed by atoms with E-state index in [1.54, 1.807) is 6.07 Å². The van der Waals surface area contributed by atoms with Crippen LogP contribution >= 0.6 is 11.6 Å². The van der Waals surface area contributed by atoms with Gasteiger partial charge in [-0.05, 0) is 18.2 Å². The number of nitrogens with zero attached hydrogens (tertiary/aromatic N) is 3. The zero-order valence-electron chi connectivity index (χ0n) is 15.3. The van der Waals surface area contributed by atoms with Gasteiger partial charge in [0.1, 0.15) is 23.6 Å². The molecule has 3 rings (SSSR count). The summed E-state index contributed by atoms with van der Waals surface area (Å²) in [5, 5.41) is 17.4. The Bertz CT molecular complexity index is 1070. The Labute approximate surface area is 169 Å². The quantitative estimate of drug-likeness (QED) is 0.419. The lowest BCUT2D eigenvalue weighted by Crippen LogP contribution is -2.06. The second-order valence-electron chi connectivity index (χ2n) is 5.59. The van der Waals surface area contributed by atoms with Crippen LogP contribution < -0.4 is 20.1 Å². The minimum atomic E-state index is -0.677. The van der Waals surface area contributed by atoms with Crippen LogP contribution in [-0.4, -0.2) is 29.1 Å². The lowest BCUT2D eigenvalue weighted by atomic mass is 10.2. The van der Waals surface area contributed by atoms with Gasteiger partial charge in [0, 0.05) is 6.07 Å². The molecule has 29 heavy (non-hydrogen) atoms. The third-order valence-electron chi connectivity index (χ3n) is 3.86. The molecule has 0 aliphatic rings. The smallest absolute Gasteiger partial charge is 0.353 e. The molecule has 0 atom stereocenters. The minimum absolute atomic E-state index is 0.0327. The van der Waals surface area contributed by atoms with Gasteiger partial charge in [-0.25, -0.2) is 14.4 Å². The standard InChI is InChI=1S/C18H15ClFN5O4/c1-28-14-8-15(29-2)13(7-10(14)19)24-18-16(25(26)27)17(21-9-22-18)23-12-6-4-3-5-11(12)20/h3-9H,1-2H3,(H2,21,22,23,24). The Morgan fingerprint density at radius 1 is 1.03 bits per heavy atom. The highest BCUT2D eigenvalue weighted by Gasteiger charge is 2.25. The van der Waals surface area contributed by atoms with Crippen LogP contribution in [0, 0.1) is 15.9 Å². The molecule has 0 amide bonds. The number of aromatic nitrogens is 2. The van der Waals surface area contributed by atoms with Gasteiger partial charge < -0.3 is 20.1 Å². The Hall–Kier alpha value is -3.66. The van der Waals surface area contributed by atoms with Gasteiger partial charge in [-0.3, -0.25) is 10.1 Å². The lowest BCUT2D eigenvalue weighted by molar-refractivity contribution is -0.383. The molecule has 150 valence electrons. The summed E-state index contributed by atoms with van der Waals surface area (Å²) in [5.41, 5.74) is -0.132. The SMILES string of the molecule is COc1cc(OC)c(Nc2ncnc(Nc3ccccc3F)c2[N+](=O)[O-])cc1Cl. The number of nitro groups is 1. The lowest BCUT2D eigenvalue weighted by Gasteiger charge is -2.14. The molecule has 0 aliphatic heterocycles. The fraction of sp³-hybridized carbons (Fsp3) is 0.111. The van der Waals surface area contributed by atoms with Gasteiger partial charge >= 0.3 is 5.69 Å². The number of nitrogens with one attached hydrogen (secondary N) is 2. The van der Waals surface area contributed by atoms with E-state index >= 15 is 0 Å². The number of methoxy groups -OCH3 is 2. The second-order valence-corrected chi connectivity index (χ2v) is 6.00. The molecule has 3 aromatic rings.